The summed E-state index contributed by atoms with van der Waals surface area (Å²) in [5, 5.41) is 21.8. The van der Waals surface area contributed by atoms with Gasteiger partial charge in [-0.2, -0.15) is 5.26 Å². The number of nitrogens with one attached hydrogen (secondary N) is 1. The van der Waals surface area contributed by atoms with Crippen molar-refractivity contribution in [3.63, 3.8) is 0 Å². The van der Waals surface area contributed by atoms with Gasteiger partial charge in [0.05, 0.1) is 6.07 Å². The molecule has 90 valence electrons. The second-order valence-corrected chi connectivity index (χ2v) is 4.66. The van der Waals surface area contributed by atoms with Gasteiger partial charge in [-0.15, -0.1) is 0 Å². The maximum atomic E-state index is 9.23. The van der Waals surface area contributed by atoms with Crippen molar-refractivity contribution >= 4 is 0 Å². The van der Waals surface area contributed by atoms with Crippen LogP contribution >= 0.6 is 0 Å². The average Bonchev–Trinajstić information content (AvgIpc) is 2.38. The zero-order valence-electron chi connectivity index (χ0n) is 9.89. The van der Waals surface area contributed by atoms with Crippen LogP contribution in [0.15, 0.2) is 24.3 Å². The van der Waals surface area contributed by atoms with E-state index in [1.165, 1.54) is 19.3 Å². The number of nitriles is 1. The third kappa shape index (κ3) is 3.21. The second-order valence-electron chi connectivity index (χ2n) is 4.66. The molecule has 1 aliphatic carbocycles. The van der Waals surface area contributed by atoms with E-state index in [-0.39, 0.29) is 11.8 Å². The molecule has 3 heteroatoms. The molecular formula is C14H18N2O. The van der Waals surface area contributed by atoms with E-state index in [9.17, 15) is 10.4 Å². The lowest BCUT2D eigenvalue weighted by Gasteiger charge is -2.25. The van der Waals surface area contributed by atoms with Crippen molar-refractivity contribution in [2.24, 2.45) is 0 Å². The first-order valence-corrected chi connectivity index (χ1v) is 6.24. The van der Waals surface area contributed by atoms with Gasteiger partial charge < -0.3 is 5.11 Å². The summed E-state index contributed by atoms with van der Waals surface area (Å²) < 4.78 is 0. The summed E-state index contributed by atoms with van der Waals surface area (Å²) in [5.41, 5.74) is 0.927. The fourth-order valence-electron chi connectivity index (χ4n) is 2.38. The van der Waals surface area contributed by atoms with E-state index in [0.717, 1.165) is 18.4 Å². The molecule has 0 aromatic heterocycles. The molecule has 17 heavy (non-hydrogen) atoms. The van der Waals surface area contributed by atoms with Crippen LogP contribution < -0.4 is 5.32 Å². The maximum absolute atomic E-state index is 9.23. The van der Waals surface area contributed by atoms with Gasteiger partial charge in [0.25, 0.3) is 0 Å². The fraction of sp³-hybridized carbons (Fsp3) is 0.500. The number of aromatic hydroxyl groups is 1. The lowest BCUT2D eigenvalue weighted by atomic mass is 9.94. The first-order chi connectivity index (χ1) is 8.29. The van der Waals surface area contributed by atoms with Crippen LogP contribution in [0.1, 0.15) is 43.7 Å². The molecule has 1 fully saturated rings. The lowest BCUT2D eigenvalue weighted by Crippen LogP contribution is -2.33. The maximum Gasteiger partial charge on any atom is 0.121 e. The van der Waals surface area contributed by atoms with Gasteiger partial charge in [0, 0.05) is 6.04 Å². The van der Waals surface area contributed by atoms with Crippen molar-refractivity contribution in [3.8, 4) is 11.8 Å². The summed E-state index contributed by atoms with van der Waals surface area (Å²) in [5.74, 6) is 0.239. The zero-order valence-corrected chi connectivity index (χ0v) is 9.89. The van der Waals surface area contributed by atoms with E-state index >= 15 is 0 Å². The Hall–Kier alpha value is -1.53. The molecule has 1 atom stereocenters. The van der Waals surface area contributed by atoms with E-state index < -0.39 is 0 Å². The molecule has 0 bridgehead atoms. The van der Waals surface area contributed by atoms with Gasteiger partial charge in [-0.05, 0) is 30.5 Å². The van der Waals surface area contributed by atoms with Gasteiger partial charge in [-0.25, -0.2) is 0 Å². The van der Waals surface area contributed by atoms with E-state index in [0.29, 0.717) is 6.04 Å². The summed E-state index contributed by atoms with van der Waals surface area (Å²) in [6, 6.07) is 9.35. The molecule has 3 nitrogen and oxygen atoms in total. The topological polar surface area (TPSA) is 56.0 Å². The molecule has 0 spiro atoms. The van der Waals surface area contributed by atoms with Gasteiger partial charge in [0.15, 0.2) is 0 Å². The van der Waals surface area contributed by atoms with Gasteiger partial charge in [-0.3, -0.25) is 5.32 Å². The Kier molecular flexibility index (Phi) is 4.00. The summed E-state index contributed by atoms with van der Waals surface area (Å²) in [6.45, 7) is 0. The normalized spacial score (nSPS) is 18.5. The van der Waals surface area contributed by atoms with E-state index in [4.69, 9.17) is 0 Å². The molecule has 1 unspecified atom stereocenters. The SMILES string of the molecule is N#CC(NC1CCCCC1)c1ccc(O)cc1. The number of phenols is 1. The number of benzene rings is 1. The minimum atomic E-state index is -0.265. The Balaban J connectivity index is 2.01. The smallest absolute Gasteiger partial charge is 0.121 e. The molecule has 1 aromatic carbocycles. The van der Waals surface area contributed by atoms with E-state index in [1.54, 1.807) is 24.3 Å². The highest BCUT2D eigenvalue weighted by atomic mass is 16.3. The van der Waals surface area contributed by atoms with Crippen LogP contribution in [-0.4, -0.2) is 11.1 Å². The molecule has 0 amide bonds. The predicted molar refractivity (Wildman–Crippen MR) is 66.5 cm³/mol. The summed E-state index contributed by atoms with van der Waals surface area (Å²) in [6.07, 6.45) is 6.15. The van der Waals surface area contributed by atoms with Crippen molar-refractivity contribution < 1.29 is 5.11 Å². The molecule has 0 radical (unpaired) electrons. The molecule has 0 heterocycles. The second kappa shape index (κ2) is 5.70. The average molecular weight is 230 g/mol. The summed E-state index contributed by atoms with van der Waals surface area (Å²) in [7, 11) is 0. The number of rotatable bonds is 3. The van der Waals surface area contributed by atoms with Crippen LogP contribution in [0, 0.1) is 11.3 Å². The Morgan fingerprint density at radius 2 is 1.82 bits per heavy atom. The minimum absolute atomic E-state index is 0.239. The van der Waals surface area contributed by atoms with Crippen LogP contribution in [0.2, 0.25) is 0 Å². The van der Waals surface area contributed by atoms with Crippen molar-refractivity contribution in [3.05, 3.63) is 29.8 Å². The Morgan fingerprint density at radius 1 is 1.18 bits per heavy atom. The lowest BCUT2D eigenvalue weighted by molar-refractivity contribution is 0.359. The third-order valence-electron chi connectivity index (χ3n) is 3.36. The number of phenolic OH excluding ortho intramolecular Hbond substituents is 1. The molecule has 1 aromatic rings. The minimum Gasteiger partial charge on any atom is -0.508 e. The van der Waals surface area contributed by atoms with Crippen molar-refractivity contribution in [1.29, 1.82) is 5.26 Å². The van der Waals surface area contributed by atoms with Gasteiger partial charge in [0.2, 0.25) is 0 Å². The molecule has 0 saturated heterocycles. The highest BCUT2D eigenvalue weighted by Crippen LogP contribution is 2.22. The van der Waals surface area contributed by atoms with Crippen LogP contribution in [0.4, 0.5) is 0 Å². The highest BCUT2D eigenvalue weighted by molar-refractivity contribution is 5.30. The third-order valence-corrected chi connectivity index (χ3v) is 3.36. The van der Waals surface area contributed by atoms with Crippen LogP contribution in [-0.2, 0) is 0 Å². The number of nitrogens with zero attached hydrogens (tertiary/aromatic N) is 1. The summed E-state index contributed by atoms with van der Waals surface area (Å²) in [4.78, 5) is 0. The fourth-order valence-corrected chi connectivity index (χ4v) is 2.38. The van der Waals surface area contributed by atoms with E-state index in [1.807, 2.05) is 0 Å². The van der Waals surface area contributed by atoms with Gasteiger partial charge in [0.1, 0.15) is 11.8 Å². The van der Waals surface area contributed by atoms with Crippen LogP contribution in [0.25, 0.3) is 0 Å². The summed E-state index contributed by atoms with van der Waals surface area (Å²) >= 11 is 0. The molecule has 1 saturated carbocycles. The van der Waals surface area contributed by atoms with Crippen molar-refractivity contribution in [2.45, 2.75) is 44.2 Å². The first kappa shape index (κ1) is 11.9. The molecule has 1 aliphatic rings. The Labute approximate surface area is 102 Å². The Morgan fingerprint density at radius 3 is 2.41 bits per heavy atom. The molecule has 2 rings (SSSR count). The number of hydrogen-bond donors (Lipinski definition) is 2. The van der Waals surface area contributed by atoms with E-state index in [2.05, 4.69) is 11.4 Å². The largest absolute Gasteiger partial charge is 0.508 e. The standard InChI is InChI=1S/C14H18N2O/c15-10-14(11-6-8-13(17)9-7-11)16-12-4-2-1-3-5-12/h6-9,12,14,16-17H,1-5H2. The van der Waals surface area contributed by atoms with Crippen LogP contribution in [0.3, 0.4) is 0 Å². The van der Waals surface area contributed by atoms with Crippen molar-refractivity contribution in [1.82, 2.24) is 5.32 Å². The van der Waals surface area contributed by atoms with Gasteiger partial charge >= 0.3 is 0 Å². The quantitative estimate of drug-likeness (QED) is 0.839. The molecule has 2 N–H and O–H groups in total. The number of hydrogen-bond acceptors (Lipinski definition) is 3. The zero-order chi connectivity index (χ0) is 12.1. The monoisotopic (exact) mass is 230 g/mol. The molecule has 0 aliphatic heterocycles. The highest BCUT2D eigenvalue weighted by Gasteiger charge is 2.18. The Bertz CT molecular complexity index is 388. The van der Waals surface area contributed by atoms with Crippen molar-refractivity contribution in [2.75, 3.05) is 0 Å². The van der Waals surface area contributed by atoms with Crippen LogP contribution in [0.5, 0.6) is 5.75 Å². The predicted octanol–water partition coefficient (Wildman–Crippen LogP) is 2.88. The first-order valence-electron chi connectivity index (χ1n) is 6.24. The molecular weight excluding hydrogens is 212 g/mol. The van der Waals surface area contributed by atoms with Gasteiger partial charge in [-0.1, -0.05) is 31.4 Å².